The second-order valence-electron chi connectivity index (χ2n) is 7.45. The topological polar surface area (TPSA) is 91.1 Å². The van der Waals surface area contributed by atoms with Gasteiger partial charge in [-0.3, -0.25) is 14.6 Å². The van der Waals surface area contributed by atoms with Gasteiger partial charge >= 0.3 is 0 Å². The zero-order valence-corrected chi connectivity index (χ0v) is 16.8. The highest BCUT2D eigenvalue weighted by Crippen LogP contribution is 2.10. The van der Waals surface area contributed by atoms with Crippen molar-refractivity contribution >= 4 is 5.91 Å². The van der Waals surface area contributed by atoms with Crippen molar-refractivity contribution < 1.29 is 19.1 Å². The van der Waals surface area contributed by atoms with E-state index in [2.05, 4.69) is 33.9 Å². The number of nitrogens with zero attached hydrogens (tertiary/aromatic N) is 3. The Morgan fingerprint density at radius 1 is 1.33 bits per heavy atom. The van der Waals surface area contributed by atoms with E-state index in [9.17, 15) is 9.90 Å². The van der Waals surface area contributed by atoms with Crippen molar-refractivity contribution in [1.82, 2.24) is 20.1 Å². The largest absolute Gasteiger partial charge is 0.447 e. The van der Waals surface area contributed by atoms with E-state index in [0.717, 1.165) is 32.6 Å². The first-order valence-corrected chi connectivity index (χ1v) is 9.91. The van der Waals surface area contributed by atoms with Crippen molar-refractivity contribution in [3.63, 3.8) is 0 Å². The molecule has 8 heteroatoms. The van der Waals surface area contributed by atoms with E-state index in [1.807, 2.05) is 6.92 Å². The minimum Gasteiger partial charge on any atom is -0.447 e. The molecule has 1 saturated heterocycles. The fourth-order valence-corrected chi connectivity index (χ4v) is 2.98. The number of ether oxygens (including phenoxy) is 1. The summed E-state index contributed by atoms with van der Waals surface area (Å²) in [4.78, 5) is 20.9. The van der Waals surface area contributed by atoms with Gasteiger partial charge in [0.25, 0.3) is 5.91 Å². The van der Waals surface area contributed by atoms with Gasteiger partial charge in [-0.25, -0.2) is 4.98 Å². The average Bonchev–Trinajstić information content (AvgIpc) is 3.10. The Balaban J connectivity index is 1.70. The van der Waals surface area contributed by atoms with Crippen molar-refractivity contribution in [1.29, 1.82) is 0 Å². The first-order valence-electron chi connectivity index (χ1n) is 9.91. The lowest BCUT2D eigenvalue weighted by Gasteiger charge is -2.34. The summed E-state index contributed by atoms with van der Waals surface area (Å²) in [5.74, 6) is 0.935. The third-order valence-corrected chi connectivity index (χ3v) is 4.60. The van der Waals surface area contributed by atoms with Gasteiger partial charge in [-0.1, -0.05) is 13.8 Å². The summed E-state index contributed by atoms with van der Waals surface area (Å²) >= 11 is 0. The number of oxazole rings is 1. The number of aliphatic hydroxyl groups excluding tert-OH is 1. The summed E-state index contributed by atoms with van der Waals surface area (Å²) in [7, 11) is 0. The van der Waals surface area contributed by atoms with Gasteiger partial charge in [-0.15, -0.1) is 0 Å². The van der Waals surface area contributed by atoms with Gasteiger partial charge in [0.1, 0.15) is 6.26 Å². The highest BCUT2D eigenvalue weighted by molar-refractivity contribution is 5.91. The van der Waals surface area contributed by atoms with Crippen LogP contribution in [0.4, 0.5) is 0 Å². The van der Waals surface area contributed by atoms with Crippen LogP contribution in [0.3, 0.4) is 0 Å². The number of amides is 1. The predicted molar refractivity (Wildman–Crippen MR) is 103 cm³/mol. The van der Waals surface area contributed by atoms with E-state index in [1.54, 1.807) is 0 Å². The summed E-state index contributed by atoms with van der Waals surface area (Å²) < 4.78 is 10.7. The normalized spacial score (nSPS) is 17.4. The molecule has 1 amide bonds. The van der Waals surface area contributed by atoms with Crippen molar-refractivity contribution in [2.75, 3.05) is 52.5 Å². The zero-order valence-electron chi connectivity index (χ0n) is 16.8. The molecule has 8 nitrogen and oxygen atoms in total. The minimum absolute atomic E-state index is 0.182. The van der Waals surface area contributed by atoms with E-state index in [0.29, 0.717) is 50.4 Å². The molecule has 0 radical (unpaired) electrons. The molecule has 1 aromatic heterocycles. The van der Waals surface area contributed by atoms with Gasteiger partial charge in [-0.05, 0) is 19.3 Å². The molecule has 0 spiro atoms. The molecule has 1 atom stereocenters. The van der Waals surface area contributed by atoms with E-state index in [4.69, 9.17) is 9.15 Å². The van der Waals surface area contributed by atoms with Crippen molar-refractivity contribution in [2.24, 2.45) is 5.92 Å². The first kappa shape index (κ1) is 21.8. The summed E-state index contributed by atoms with van der Waals surface area (Å²) in [6.07, 6.45) is 1.93. The third-order valence-electron chi connectivity index (χ3n) is 4.60. The van der Waals surface area contributed by atoms with Crippen LogP contribution in [-0.2, 0) is 11.3 Å². The van der Waals surface area contributed by atoms with Crippen LogP contribution < -0.4 is 5.32 Å². The molecule has 0 unspecified atom stereocenters. The maximum atomic E-state index is 12.1. The molecule has 1 aliphatic heterocycles. The lowest BCUT2D eigenvalue weighted by Crippen LogP contribution is -2.48. The molecule has 154 valence electrons. The maximum Gasteiger partial charge on any atom is 0.273 e. The maximum absolute atomic E-state index is 12.1. The van der Waals surface area contributed by atoms with Crippen LogP contribution in [-0.4, -0.2) is 84.4 Å². The Bertz CT molecular complexity index is 556. The first-order chi connectivity index (χ1) is 13.0. The predicted octanol–water partition coefficient (Wildman–Crippen LogP) is 0.966. The summed E-state index contributed by atoms with van der Waals surface area (Å²) in [5.41, 5.74) is 0.339. The number of piperazine rings is 1. The highest BCUT2D eigenvalue weighted by atomic mass is 16.5. The zero-order chi connectivity index (χ0) is 19.6. The Morgan fingerprint density at radius 2 is 2.04 bits per heavy atom. The molecular weight excluding hydrogens is 348 g/mol. The van der Waals surface area contributed by atoms with Crippen LogP contribution in [0.15, 0.2) is 10.7 Å². The Morgan fingerprint density at radius 3 is 2.70 bits per heavy atom. The van der Waals surface area contributed by atoms with Crippen LogP contribution in [0.5, 0.6) is 0 Å². The van der Waals surface area contributed by atoms with Crippen LogP contribution in [0.2, 0.25) is 0 Å². The number of rotatable bonds is 11. The Hall–Kier alpha value is -1.48. The van der Waals surface area contributed by atoms with Crippen LogP contribution in [0, 0.1) is 5.92 Å². The van der Waals surface area contributed by atoms with Crippen LogP contribution in [0.1, 0.15) is 43.6 Å². The molecule has 2 N–H and O–H groups in total. The third kappa shape index (κ3) is 7.96. The molecule has 0 aliphatic carbocycles. The molecule has 1 fully saturated rings. The molecule has 0 saturated carbocycles. The van der Waals surface area contributed by atoms with Crippen molar-refractivity contribution in [2.45, 2.75) is 39.8 Å². The molecule has 2 heterocycles. The lowest BCUT2D eigenvalue weighted by molar-refractivity contribution is 0.00949. The van der Waals surface area contributed by atoms with Crippen molar-refractivity contribution in [3.05, 3.63) is 17.8 Å². The molecule has 1 aromatic rings. The Labute approximate surface area is 161 Å². The van der Waals surface area contributed by atoms with Gasteiger partial charge in [0.15, 0.2) is 5.69 Å². The van der Waals surface area contributed by atoms with Gasteiger partial charge in [0, 0.05) is 45.9 Å². The van der Waals surface area contributed by atoms with Gasteiger partial charge < -0.3 is 19.6 Å². The van der Waals surface area contributed by atoms with E-state index < -0.39 is 6.10 Å². The highest BCUT2D eigenvalue weighted by Gasteiger charge is 2.21. The second-order valence-corrected chi connectivity index (χ2v) is 7.45. The van der Waals surface area contributed by atoms with E-state index >= 15 is 0 Å². The van der Waals surface area contributed by atoms with Gasteiger partial charge in [0.2, 0.25) is 5.89 Å². The Kier molecular flexibility index (Phi) is 9.20. The SMILES string of the molecule is CCOC[C@H](O)CN1CCN(Cc2nc(C(=O)NCCC(C)C)co2)CC1. The molecule has 2 rings (SSSR count). The number of aromatic nitrogens is 1. The number of hydrogen-bond acceptors (Lipinski definition) is 7. The molecule has 1 aliphatic rings. The molecular formula is C19H34N4O4. The number of β-amino-alcohol motifs (C(OH)–C–C–N with tert-alkyl or cyclic N) is 1. The number of carbonyl (C=O) groups is 1. The fourth-order valence-electron chi connectivity index (χ4n) is 2.98. The summed E-state index contributed by atoms with van der Waals surface area (Å²) in [6.45, 7) is 12.6. The monoisotopic (exact) mass is 382 g/mol. The number of hydrogen-bond donors (Lipinski definition) is 2. The fraction of sp³-hybridized carbons (Fsp3) is 0.789. The smallest absolute Gasteiger partial charge is 0.273 e. The van der Waals surface area contributed by atoms with Crippen LogP contribution in [0.25, 0.3) is 0 Å². The number of aliphatic hydroxyl groups is 1. The lowest BCUT2D eigenvalue weighted by atomic mass is 10.1. The number of carbonyl (C=O) groups excluding carboxylic acids is 1. The van der Waals surface area contributed by atoms with Gasteiger partial charge in [-0.2, -0.15) is 0 Å². The van der Waals surface area contributed by atoms with Gasteiger partial charge in [0.05, 0.1) is 19.3 Å². The standard InChI is InChI=1S/C19H34N4O4/c1-4-26-13-16(24)11-22-7-9-23(10-8-22)12-18-21-17(14-27-18)19(25)20-6-5-15(2)3/h14-16,24H,4-13H2,1-3H3,(H,20,25)/t16-/m1/s1. The summed E-state index contributed by atoms with van der Waals surface area (Å²) in [5, 5.41) is 12.8. The molecule has 0 bridgehead atoms. The summed E-state index contributed by atoms with van der Waals surface area (Å²) in [6, 6.07) is 0. The van der Waals surface area contributed by atoms with E-state index in [1.165, 1.54) is 6.26 Å². The van der Waals surface area contributed by atoms with Crippen LogP contribution >= 0.6 is 0 Å². The molecule has 27 heavy (non-hydrogen) atoms. The molecule has 0 aromatic carbocycles. The quantitative estimate of drug-likeness (QED) is 0.589. The minimum atomic E-state index is -0.444. The number of nitrogens with one attached hydrogen (secondary N) is 1. The van der Waals surface area contributed by atoms with Crippen molar-refractivity contribution in [3.8, 4) is 0 Å². The second kappa shape index (κ2) is 11.4. The van der Waals surface area contributed by atoms with E-state index in [-0.39, 0.29) is 5.91 Å². The average molecular weight is 383 g/mol.